The van der Waals surface area contributed by atoms with Gasteiger partial charge >= 0.3 is 0 Å². The zero-order chi connectivity index (χ0) is 25.6. The number of hydrogen-bond donors (Lipinski definition) is 3. The van der Waals surface area contributed by atoms with Gasteiger partial charge < -0.3 is 4.98 Å². The minimum atomic E-state index is -3.42. The number of nitrogens with zero attached hydrogens (tertiary/aromatic N) is 5. The Hall–Kier alpha value is -4.55. The number of H-pyrrole nitrogens is 2. The van der Waals surface area contributed by atoms with E-state index < -0.39 is 15.8 Å². The fourth-order valence-corrected chi connectivity index (χ4v) is 4.65. The maximum Gasteiger partial charge on any atom is 0.209 e. The Morgan fingerprint density at radius 2 is 1.78 bits per heavy atom. The second kappa shape index (κ2) is 8.84. The minimum absolute atomic E-state index is 0.0210. The quantitative estimate of drug-likeness (QED) is 0.307. The van der Waals surface area contributed by atoms with Gasteiger partial charge in [0.25, 0.3) is 0 Å². The van der Waals surface area contributed by atoms with Crippen molar-refractivity contribution in [2.24, 2.45) is 0 Å². The van der Waals surface area contributed by atoms with Crippen molar-refractivity contribution in [2.45, 2.75) is 6.54 Å². The summed E-state index contributed by atoms with van der Waals surface area (Å²) in [6.45, 7) is -0.0210. The van der Waals surface area contributed by atoms with Gasteiger partial charge in [-0.2, -0.15) is 5.10 Å². The van der Waals surface area contributed by atoms with E-state index in [1.54, 1.807) is 43.2 Å². The molecule has 0 saturated carbocycles. The molecule has 0 fully saturated rings. The molecule has 0 spiro atoms. The molecule has 0 saturated heterocycles. The number of nitrogens with one attached hydrogen (secondary N) is 3. The summed E-state index contributed by atoms with van der Waals surface area (Å²) in [6.07, 6.45) is 11.0. The summed E-state index contributed by atoms with van der Waals surface area (Å²) in [7, 11) is -3.42. The van der Waals surface area contributed by atoms with Crippen LogP contribution in [0.25, 0.3) is 55.7 Å². The van der Waals surface area contributed by atoms with Crippen molar-refractivity contribution < 1.29 is 12.8 Å². The Morgan fingerprint density at radius 1 is 0.892 bits per heavy atom. The van der Waals surface area contributed by atoms with Crippen molar-refractivity contribution >= 4 is 31.8 Å². The van der Waals surface area contributed by atoms with E-state index in [0.29, 0.717) is 33.8 Å². The van der Waals surface area contributed by atoms with Crippen molar-refractivity contribution in [1.82, 2.24) is 39.8 Å². The van der Waals surface area contributed by atoms with Crippen LogP contribution < -0.4 is 4.72 Å². The first-order chi connectivity index (χ1) is 17.8. The SMILES string of the molecule is CS(=O)(=O)NCc1cc(F)cc(-c2cncc3[nH]c(-c4n[nH]c5cnc(-c6cnccn6)cc45)cc23)c1. The topological polar surface area (TPSA) is 142 Å². The number of benzene rings is 1. The van der Waals surface area contributed by atoms with E-state index in [1.807, 2.05) is 12.1 Å². The second-order valence-corrected chi connectivity index (χ2v) is 10.4. The second-order valence-electron chi connectivity index (χ2n) is 8.55. The molecule has 6 aromatic rings. The highest BCUT2D eigenvalue weighted by Crippen LogP contribution is 2.34. The number of aromatic amines is 2. The van der Waals surface area contributed by atoms with Crippen molar-refractivity contribution in [3.63, 3.8) is 0 Å². The summed E-state index contributed by atoms with van der Waals surface area (Å²) in [5.74, 6) is -0.474. The van der Waals surface area contributed by atoms with Gasteiger partial charge in [-0.25, -0.2) is 17.5 Å². The fourth-order valence-electron chi connectivity index (χ4n) is 4.22. The number of sulfonamides is 1. The highest BCUT2D eigenvalue weighted by molar-refractivity contribution is 7.88. The van der Waals surface area contributed by atoms with Crippen molar-refractivity contribution in [3.05, 3.63) is 78.9 Å². The number of rotatable bonds is 6. The van der Waals surface area contributed by atoms with Crippen LogP contribution in [0.1, 0.15) is 5.56 Å². The standard InChI is InChI=1S/C25H19FN8O2S/c1-37(35,36)31-9-14-4-15(6-16(26)5-14)19-10-28-11-22-17(19)7-21(32-22)25-18-8-20(24-12-27-2-3-29-24)30-13-23(18)33-34-25/h2-8,10-13,31-32H,9H2,1H3,(H,33,34). The number of fused-ring (bicyclic) bond motifs is 2. The summed E-state index contributed by atoms with van der Waals surface area (Å²) in [5.41, 5.74) is 6.00. The monoisotopic (exact) mass is 514 g/mol. The lowest BCUT2D eigenvalue weighted by molar-refractivity contribution is 0.586. The fraction of sp³-hybridized carbons (Fsp3) is 0.0800. The van der Waals surface area contributed by atoms with Gasteiger partial charge in [0.15, 0.2) is 0 Å². The van der Waals surface area contributed by atoms with Gasteiger partial charge in [-0.15, -0.1) is 0 Å². The van der Waals surface area contributed by atoms with Gasteiger partial charge in [0.2, 0.25) is 10.0 Å². The summed E-state index contributed by atoms with van der Waals surface area (Å²) in [4.78, 5) is 20.6. The van der Waals surface area contributed by atoms with Gasteiger partial charge in [-0.05, 0) is 41.5 Å². The van der Waals surface area contributed by atoms with Crippen LogP contribution >= 0.6 is 0 Å². The summed E-state index contributed by atoms with van der Waals surface area (Å²) in [5, 5.41) is 9.16. The molecule has 12 heteroatoms. The van der Waals surface area contributed by atoms with Crippen LogP contribution in [0.4, 0.5) is 4.39 Å². The van der Waals surface area contributed by atoms with Gasteiger partial charge in [-0.3, -0.25) is 25.0 Å². The normalized spacial score (nSPS) is 11.9. The Bertz CT molecular complexity index is 1880. The number of hydrogen-bond acceptors (Lipinski definition) is 7. The minimum Gasteiger partial charge on any atom is -0.352 e. The van der Waals surface area contributed by atoms with Crippen LogP contribution in [-0.2, 0) is 16.6 Å². The van der Waals surface area contributed by atoms with Gasteiger partial charge in [0.05, 0.1) is 47.3 Å². The van der Waals surface area contributed by atoms with Crippen molar-refractivity contribution in [1.29, 1.82) is 0 Å². The predicted octanol–water partition coefficient (Wildman–Crippen LogP) is 3.81. The summed E-state index contributed by atoms with van der Waals surface area (Å²) < 4.78 is 39.9. The highest BCUT2D eigenvalue weighted by atomic mass is 32.2. The molecule has 1 aromatic carbocycles. The van der Waals surface area contributed by atoms with E-state index in [-0.39, 0.29) is 6.54 Å². The molecular formula is C25H19FN8O2S. The third-order valence-electron chi connectivity index (χ3n) is 5.88. The molecule has 0 aliphatic rings. The molecule has 5 aromatic heterocycles. The molecule has 10 nitrogen and oxygen atoms in total. The lowest BCUT2D eigenvalue weighted by Gasteiger charge is -2.08. The highest BCUT2D eigenvalue weighted by Gasteiger charge is 2.16. The van der Waals surface area contributed by atoms with E-state index in [1.165, 1.54) is 12.1 Å². The Labute approximate surface area is 210 Å². The Morgan fingerprint density at radius 3 is 2.59 bits per heavy atom. The number of aromatic nitrogens is 7. The molecule has 0 unspecified atom stereocenters. The average molecular weight is 515 g/mol. The molecule has 0 aliphatic carbocycles. The van der Waals surface area contributed by atoms with E-state index in [4.69, 9.17) is 0 Å². The van der Waals surface area contributed by atoms with Gasteiger partial charge in [-0.1, -0.05) is 0 Å². The zero-order valence-electron chi connectivity index (χ0n) is 19.4. The average Bonchev–Trinajstić information content (AvgIpc) is 3.51. The molecule has 3 N–H and O–H groups in total. The summed E-state index contributed by atoms with van der Waals surface area (Å²) in [6, 6.07) is 8.28. The first kappa shape index (κ1) is 22.9. The largest absolute Gasteiger partial charge is 0.352 e. The van der Waals surface area contributed by atoms with Crippen LogP contribution in [0.2, 0.25) is 0 Å². The molecule has 184 valence electrons. The maximum atomic E-state index is 14.5. The van der Waals surface area contributed by atoms with E-state index in [2.05, 4.69) is 39.8 Å². The molecular weight excluding hydrogens is 495 g/mol. The molecule has 5 heterocycles. The number of pyridine rings is 2. The van der Waals surface area contributed by atoms with E-state index in [0.717, 1.165) is 33.8 Å². The maximum absolute atomic E-state index is 14.5. The zero-order valence-corrected chi connectivity index (χ0v) is 20.2. The Balaban J connectivity index is 1.44. The molecule has 0 radical (unpaired) electrons. The van der Waals surface area contributed by atoms with Crippen LogP contribution in [0.3, 0.4) is 0 Å². The van der Waals surface area contributed by atoms with Crippen LogP contribution in [0, 0.1) is 5.82 Å². The lowest BCUT2D eigenvalue weighted by Crippen LogP contribution is -2.21. The lowest BCUT2D eigenvalue weighted by atomic mass is 10.0. The third kappa shape index (κ3) is 4.55. The molecule has 37 heavy (non-hydrogen) atoms. The third-order valence-corrected chi connectivity index (χ3v) is 6.55. The Kier molecular flexibility index (Phi) is 5.46. The first-order valence-corrected chi connectivity index (χ1v) is 13.1. The molecule has 0 bridgehead atoms. The van der Waals surface area contributed by atoms with Crippen LogP contribution in [0.5, 0.6) is 0 Å². The molecule has 0 atom stereocenters. The van der Waals surface area contributed by atoms with Crippen molar-refractivity contribution in [3.8, 4) is 33.9 Å². The van der Waals surface area contributed by atoms with Crippen LogP contribution in [0.15, 0.2) is 67.5 Å². The first-order valence-electron chi connectivity index (χ1n) is 11.2. The molecule has 6 rings (SSSR count). The summed E-state index contributed by atoms with van der Waals surface area (Å²) >= 11 is 0. The van der Waals surface area contributed by atoms with Crippen molar-refractivity contribution in [2.75, 3.05) is 6.26 Å². The van der Waals surface area contributed by atoms with Gasteiger partial charge in [0.1, 0.15) is 17.2 Å². The smallest absolute Gasteiger partial charge is 0.209 e. The van der Waals surface area contributed by atoms with Gasteiger partial charge in [0, 0.05) is 41.5 Å². The van der Waals surface area contributed by atoms with Crippen LogP contribution in [-0.4, -0.2) is 49.8 Å². The van der Waals surface area contributed by atoms with E-state index >= 15 is 0 Å². The molecule has 0 amide bonds. The number of halogens is 1. The van der Waals surface area contributed by atoms with E-state index in [9.17, 15) is 12.8 Å². The predicted molar refractivity (Wildman–Crippen MR) is 137 cm³/mol. The molecule has 0 aliphatic heterocycles.